The summed E-state index contributed by atoms with van der Waals surface area (Å²) in [6, 6.07) is 20.1. The van der Waals surface area contributed by atoms with Crippen LogP contribution in [0.3, 0.4) is 0 Å². The van der Waals surface area contributed by atoms with Crippen molar-refractivity contribution in [2.75, 3.05) is 6.61 Å². The van der Waals surface area contributed by atoms with E-state index in [1.807, 2.05) is 37.3 Å². The van der Waals surface area contributed by atoms with Crippen LogP contribution in [-0.2, 0) is 6.61 Å². The highest BCUT2D eigenvalue weighted by atomic mass is 127. The van der Waals surface area contributed by atoms with Gasteiger partial charge in [-0.25, -0.2) is 0 Å². The summed E-state index contributed by atoms with van der Waals surface area (Å²) in [6.07, 6.45) is 0. The van der Waals surface area contributed by atoms with Crippen molar-refractivity contribution in [2.45, 2.75) is 19.4 Å². The van der Waals surface area contributed by atoms with Crippen molar-refractivity contribution < 1.29 is 19.3 Å². The molecule has 3 aromatic carbocycles. The molecule has 0 aromatic heterocycles. The van der Waals surface area contributed by atoms with Crippen LogP contribution in [0, 0.1) is 26.2 Å². The van der Waals surface area contributed by atoms with Crippen molar-refractivity contribution in [3.8, 4) is 35.1 Å². The van der Waals surface area contributed by atoms with Crippen LogP contribution in [0.25, 0.3) is 0 Å². The molecule has 0 spiro atoms. The molecule has 0 bridgehead atoms. The van der Waals surface area contributed by atoms with E-state index in [9.17, 15) is 15.6 Å². The highest BCUT2D eigenvalue weighted by molar-refractivity contribution is 14.1. The molecule has 1 aliphatic heterocycles. The molecule has 0 unspecified atom stereocenters. The van der Waals surface area contributed by atoms with Crippen molar-refractivity contribution in [1.82, 2.24) is 0 Å². The van der Waals surface area contributed by atoms with Gasteiger partial charge in [-0.15, -0.1) is 0 Å². The third-order valence-corrected chi connectivity index (χ3v) is 6.18. The standard InChI is InChI=1S/C26H20IN3O4/c1-2-32-23-10-17(9-21(27)25(23)33-14-16-6-4-3-5-15(16)12-28)24-19-8-7-18(31)11-22(19)34-26(30)20(24)13-29/h3-11,24,31H,2,14,30H2,1H3/t24-/m1/s1. The molecule has 1 aliphatic rings. The fraction of sp³-hybridized carbons (Fsp3) is 0.154. The first-order valence-corrected chi connectivity index (χ1v) is 11.5. The van der Waals surface area contributed by atoms with Crippen LogP contribution in [0.4, 0.5) is 0 Å². The Morgan fingerprint density at radius 3 is 2.62 bits per heavy atom. The summed E-state index contributed by atoms with van der Waals surface area (Å²) in [7, 11) is 0. The summed E-state index contributed by atoms with van der Waals surface area (Å²) in [4.78, 5) is 0. The highest BCUT2D eigenvalue weighted by Crippen LogP contribution is 2.46. The SMILES string of the molecule is CCOc1cc([C@H]2C(C#N)=C(N)Oc3cc(O)ccc32)cc(I)c1OCc1ccccc1C#N. The first-order chi connectivity index (χ1) is 16.5. The lowest BCUT2D eigenvalue weighted by Crippen LogP contribution is -2.21. The molecule has 0 saturated heterocycles. The predicted octanol–water partition coefficient (Wildman–Crippen LogP) is 5.06. The number of halogens is 1. The van der Waals surface area contributed by atoms with Crippen molar-refractivity contribution in [2.24, 2.45) is 5.73 Å². The second-order valence-electron chi connectivity index (χ2n) is 7.47. The summed E-state index contributed by atoms with van der Waals surface area (Å²) in [5.41, 5.74) is 9.13. The molecule has 34 heavy (non-hydrogen) atoms. The normalized spacial score (nSPS) is 14.4. The lowest BCUT2D eigenvalue weighted by atomic mass is 9.83. The zero-order valence-electron chi connectivity index (χ0n) is 18.2. The van der Waals surface area contributed by atoms with Crippen molar-refractivity contribution in [3.63, 3.8) is 0 Å². The van der Waals surface area contributed by atoms with Crippen LogP contribution in [0.2, 0.25) is 0 Å². The molecule has 0 radical (unpaired) electrons. The van der Waals surface area contributed by atoms with E-state index in [4.69, 9.17) is 19.9 Å². The number of phenolic OH excluding ortho intramolecular Hbond substituents is 1. The quantitative estimate of drug-likeness (QED) is 0.401. The monoisotopic (exact) mass is 565 g/mol. The minimum atomic E-state index is -0.504. The van der Waals surface area contributed by atoms with Crippen molar-refractivity contribution >= 4 is 22.6 Å². The number of phenols is 1. The van der Waals surface area contributed by atoms with E-state index in [1.165, 1.54) is 6.07 Å². The number of aromatic hydroxyl groups is 1. The number of nitriles is 2. The number of allylic oxidation sites excluding steroid dienone is 1. The number of benzene rings is 3. The molecule has 0 fully saturated rings. The highest BCUT2D eigenvalue weighted by Gasteiger charge is 2.32. The van der Waals surface area contributed by atoms with Crippen LogP contribution < -0.4 is 19.9 Å². The number of ether oxygens (including phenoxy) is 3. The van der Waals surface area contributed by atoms with Gasteiger partial charge < -0.3 is 25.1 Å². The van der Waals surface area contributed by atoms with E-state index in [2.05, 4.69) is 34.7 Å². The lowest BCUT2D eigenvalue weighted by Gasteiger charge is -2.27. The second-order valence-corrected chi connectivity index (χ2v) is 8.63. The van der Waals surface area contributed by atoms with Gasteiger partial charge in [0.05, 0.1) is 27.7 Å². The van der Waals surface area contributed by atoms with Crippen LogP contribution in [-0.4, -0.2) is 11.7 Å². The molecule has 0 aliphatic carbocycles. The zero-order chi connectivity index (χ0) is 24.2. The van der Waals surface area contributed by atoms with Gasteiger partial charge in [0.15, 0.2) is 11.5 Å². The van der Waals surface area contributed by atoms with E-state index < -0.39 is 5.92 Å². The molecule has 0 amide bonds. The Bertz CT molecular complexity index is 1370. The number of fused-ring (bicyclic) bond motifs is 1. The van der Waals surface area contributed by atoms with Gasteiger partial charge in [0.25, 0.3) is 0 Å². The number of hydrogen-bond acceptors (Lipinski definition) is 7. The Morgan fingerprint density at radius 1 is 1.09 bits per heavy atom. The van der Waals surface area contributed by atoms with Gasteiger partial charge in [-0.1, -0.05) is 24.3 Å². The largest absolute Gasteiger partial charge is 0.508 e. The van der Waals surface area contributed by atoms with Gasteiger partial charge in [-0.05, 0) is 59.3 Å². The molecular formula is C26H20IN3O4. The van der Waals surface area contributed by atoms with E-state index in [1.54, 1.807) is 18.2 Å². The number of nitrogens with zero attached hydrogens (tertiary/aromatic N) is 2. The maximum absolute atomic E-state index is 9.88. The third-order valence-electron chi connectivity index (χ3n) is 5.38. The van der Waals surface area contributed by atoms with Crippen LogP contribution in [0.5, 0.6) is 23.0 Å². The van der Waals surface area contributed by atoms with Crippen molar-refractivity contribution in [3.05, 3.63) is 91.9 Å². The molecule has 0 saturated carbocycles. The third kappa shape index (κ3) is 4.45. The Kier molecular flexibility index (Phi) is 6.80. The topological polar surface area (TPSA) is 122 Å². The smallest absolute Gasteiger partial charge is 0.205 e. The van der Waals surface area contributed by atoms with Crippen LogP contribution >= 0.6 is 22.6 Å². The predicted molar refractivity (Wildman–Crippen MR) is 133 cm³/mol. The molecular weight excluding hydrogens is 545 g/mol. The maximum Gasteiger partial charge on any atom is 0.205 e. The molecule has 170 valence electrons. The molecule has 3 N–H and O–H groups in total. The maximum atomic E-state index is 9.88. The van der Waals surface area contributed by atoms with E-state index >= 15 is 0 Å². The molecule has 3 aromatic rings. The average Bonchev–Trinajstić information content (AvgIpc) is 2.82. The Hall–Kier alpha value is -3.89. The molecule has 4 rings (SSSR count). The molecule has 8 heteroatoms. The first-order valence-electron chi connectivity index (χ1n) is 10.4. The summed E-state index contributed by atoms with van der Waals surface area (Å²) in [5, 5.41) is 29.1. The van der Waals surface area contributed by atoms with E-state index in [-0.39, 0.29) is 23.8 Å². The second kappa shape index (κ2) is 9.94. The van der Waals surface area contributed by atoms with Gasteiger partial charge in [-0.3, -0.25) is 0 Å². The van der Waals surface area contributed by atoms with Gasteiger partial charge >= 0.3 is 0 Å². The molecule has 1 atom stereocenters. The number of rotatable bonds is 6. The Balaban J connectivity index is 1.77. The van der Waals surface area contributed by atoms with E-state index in [0.717, 1.165) is 14.7 Å². The Morgan fingerprint density at radius 2 is 1.88 bits per heavy atom. The fourth-order valence-corrected chi connectivity index (χ4v) is 4.63. The first kappa shape index (κ1) is 23.3. The summed E-state index contributed by atoms with van der Waals surface area (Å²) >= 11 is 2.17. The fourth-order valence-electron chi connectivity index (χ4n) is 3.85. The molecule has 7 nitrogen and oxygen atoms in total. The lowest BCUT2D eigenvalue weighted by molar-refractivity contribution is 0.267. The van der Waals surface area contributed by atoms with Crippen LogP contribution in [0.1, 0.15) is 35.1 Å². The Labute approximate surface area is 210 Å². The number of hydrogen-bond donors (Lipinski definition) is 2. The summed E-state index contributed by atoms with van der Waals surface area (Å²) in [5.74, 6) is 0.982. The summed E-state index contributed by atoms with van der Waals surface area (Å²) in [6.45, 7) is 2.49. The van der Waals surface area contributed by atoms with Gasteiger partial charge in [0, 0.05) is 17.2 Å². The average molecular weight is 565 g/mol. The van der Waals surface area contributed by atoms with E-state index in [0.29, 0.717) is 35.0 Å². The minimum absolute atomic E-state index is 0.00740. The summed E-state index contributed by atoms with van der Waals surface area (Å²) < 4.78 is 18.4. The van der Waals surface area contributed by atoms with Crippen molar-refractivity contribution in [1.29, 1.82) is 10.5 Å². The molecule has 1 heterocycles. The minimum Gasteiger partial charge on any atom is -0.508 e. The van der Waals surface area contributed by atoms with Gasteiger partial charge in [-0.2, -0.15) is 10.5 Å². The van der Waals surface area contributed by atoms with Gasteiger partial charge in [0.1, 0.15) is 29.7 Å². The zero-order valence-corrected chi connectivity index (χ0v) is 20.4. The van der Waals surface area contributed by atoms with Crippen LogP contribution in [0.15, 0.2) is 66.1 Å². The number of nitrogens with two attached hydrogens (primary N) is 1. The van der Waals surface area contributed by atoms with Gasteiger partial charge in [0.2, 0.25) is 5.88 Å².